The number of aliphatic hydroxyl groups is 1. The summed E-state index contributed by atoms with van der Waals surface area (Å²) >= 11 is 0. The summed E-state index contributed by atoms with van der Waals surface area (Å²) in [7, 11) is 0. The molecule has 1 amide bonds. The lowest BCUT2D eigenvalue weighted by molar-refractivity contribution is -0.127. The van der Waals surface area contributed by atoms with Crippen molar-refractivity contribution in [2.24, 2.45) is 11.8 Å². The van der Waals surface area contributed by atoms with Crippen molar-refractivity contribution in [3.05, 3.63) is 0 Å². The molecule has 0 atom stereocenters. The first kappa shape index (κ1) is 18.7. The molecule has 1 saturated carbocycles. The number of amides is 1. The lowest BCUT2D eigenvalue weighted by Gasteiger charge is -2.35. The van der Waals surface area contributed by atoms with Crippen LogP contribution in [0.1, 0.15) is 51.9 Å². The van der Waals surface area contributed by atoms with Crippen molar-refractivity contribution in [3.63, 3.8) is 0 Å². The number of unbranched alkanes of at least 4 members (excludes halogenated alkanes) is 1. The number of rotatable bonds is 8. The molecule has 5 nitrogen and oxygen atoms in total. The fraction of sp³-hybridized carbons (Fsp3) is 0.944. The lowest BCUT2D eigenvalue weighted by Crippen LogP contribution is -2.51. The van der Waals surface area contributed by atoms with Crippen molar-refractivity contribution < 1.29 is 9.90 Å². The molecule has 1 saturated heterocycles. The molecule has 2 N–H and O–H groups in total. The Bertz CT molecular complexity index is 335. The number of hydrogen-bond acceptors (Lipinski definition) is 4. The highest BCUT2D eigenvalue weighted by Crippen LogP contribution is 2.31. The Morgan fingerprint density at radius 3 is 2.35 bits per heavy atom. The number of nitrogens with zero attached hydrogens (tertiary/aromatic N) is 2. The van der Waals surface area contributed by atoms with E-state index < -0.39 is 0 Å². The van der Waals surface area contributed by atoms with Crippen molar-refractivity contribution in [2.75, 3.05) is 46.0 Å². The van der Waals surface area contributed by atoms with Gasteiger partial charge in [0.2, 0.25) is 5.91 Å². The topological polar surface area (TPSA) is 55.8 Å². The molecule has 23 heavy (non-hydrogen) atoms. The maximum atomic E-state index is 12.3. The fourth-order valence-electron chi connectivity index (χ4n) is 3.85. The van der Waals surface area contributed by atoms with Crippen LogP contribution in [-0.4, -0.2) is 66.8 Å². The predicted octanol–water partition coefficient (Wildman–Crippen LogP) is 1.67. The lowest BCUT2D eigenvalue weighted by atomic mass is 9.79. The van der Waals surface area contributed by atoms with Gasteiger partial charge in [-0.3, -0.25) is 14.6 Å². The number of piperazine rings is 1. The number of β-amino-alcohol motifs (C(OH)–C–C–N with tert-alkyl or cyclic N) is 1. The number of carbonyl (C=O) groups is 1. The second-order valence-corrected chi connectivity index (χ2v) is 7.24. The fourth-order valence-corrected chi connectivity index (χ4v) is 3.85. The van der Waals surface area contributed by atoms with Crippen LogP contribution < -0.4 is 5.32 Å². The van der Waals surface area contributed by atoms with Crippen molar-refractivity contribution in [1.29, 1.82) is 0 Å². The summed E-state index contributed by atoms with van der Waals surface area (Å²) in [4.78, 5) is 16.9. The second kappa shape index (κ2) is 10.3. The summed E-state index contributed by atoms with van der Waals surface area (Å²) in [6.07, 6.45) is 8.59. The third-order valence-corrected chi connectivity index (χ3v) is 5.54. The largest absolute Gasteiger partial charge is 0.395 e. The van der Waals surface area contributed by atoms with E-state index in [1.807, 2.05) is 0 Å². The van der Waals surface area contributed by atoms with Gasteiger partial charge in [0.25, 0.3) is 0 Å². The Labute approximate surface area is 141 Å². The predicted molar refractivity (Wildman–Crippen MR) is 93.1 cm³/mol. The first-order valence-corrected chi connectivity index (χ1v) is 9.56. The van der Waals surface area contributed by atoms with Gasteiger partial charge in [-0.15, -0.1) is 0 Å². The van der Waals surface area contributed by atoms with Gasteiger partial charge < -0.3 is 10.4 Å². The normalized spacial score (nSPS) is 27.0. The molecular formula is C18H35N3O2. The van der Waals surface area contributed by atoms with Crippen molar-refractivity contribution >= 4 is 5.91 Å². The number of hydrogen-bond donors (Lipinski definition) is 2. The van der Waals surface area contributed by atoms with Crippen LogP contribution in [0.2, 0.25) is 0 Å². The molecule has 0 aromatic rings. The molecule has 1 aliphatic carbocycles. The molecule has 1 aliphatic heterocycles. The van der Waals surface area contributed by atoms with Gasteiger partial charge in [-0.2, -0.15) is 0 Å². The van der Waals surface area contributed by atoms with Gasteiger partial charge in [0.05, 0.1) is 13.3 Å². The number of aliphatic hydroxyl groups excluding tert-OH is 1. The minimum absolute atomic E-state index is 0.234. The van der Waals surface area contributed by atoms with E-state index in [-0.39, 0.29) is 18.4 Å². The molecule has 0 spiro atoms. The van der Waals surface area contributed by atoms with Crippen LogP contribution in [0.5, 0.6) is 0 Å². The maximum absolute atomic E-state index is 12.3. The highest BCUT2D eigenvalue weighted by Gasteiger charge is 2.26. The Morgan fingerprint density at radius 2 is 1.74 bits per heavy atom. The van der Waals surface area contributed by atoms with Gasteiger partial charge in [0.15, 0.2) is 0 Å². The van der Waals surface area contributed by atoms with Gasteiger partial charge in [-0.25, -0.2) is 0 Å². The number of carbonyl (C=O) groups excluding carboxylic acids is 1. The number of nitrogens with one attached hydrogen (secondary N) is 1. The third kappa shape index (κ3) is 6.40. The maximum Gasteiger partial charge on any atom is 0.224 e. The first-order chi connectivity index (χ1) is 11.2. The van der Waals surface area contributed by atoms with E-state index in [2.05, 4.69) is 22.0 Å². The summed E-state index contributed by atoms with van der Waals surface area (Å²) in [6.45, 7) is 7.86. The van der Waals surface area contributed by atoms with E-state index in [1.165, 1.54) is 32.1 Å². The van der Waals surface area contributed by atoms with Crippen LogP contribution in [0.3, 0.4) is 0 Å². The zero-order valence-electron chi connectivity index (χ0n) is 14.8. The molecule has 134 valence electrons. The smallest absolute Gasteiger partial charge is 0.224 e. The quantitative estimate of drug-likeness (QED) is 0.713. The molecule has 0 unspecified atom stereocenters. The summed E-state index contributed by atoms with van der Waals surface area (Å²) < 4.78 is 0. The zero-order chi connectivity index (χ0) is 16.5. The van der Waals surface area contributed by atoms with Crippen LogP contribution >= 0.6 is 0 Å². The van der Waals surface area contributed by atoms with Crippen LogP contribution in [0.25, 0.3) is 0 Å². The Morgan fingerprint density at radius 1 is 1.09 bits per heavy atom. The summed E-state index contributed by atoms with van der Waals surface area (Å²) in [5.41, 5.74) is 0. The molecule has 0 aromatic heterocycles. The first-order valence-electron chi connectivity index (χ1n) is 9.56. The van der Waals surface area contributed by atoms with E-state index in [0.29, 0.717) is 6.67 Å². The minimum atomic E-state index is 0.234. The Hall–Kier alpha value is -0.650. The van der Waals surface area contributed by atoms with Gasteiger partial charge >= 0.3 is 0 Å². The van der Waals surface area contributed by atoms with Crippen LogP contribution in [-0.2, 0) is 4.79 Å². The second-order valence-electron chi connectivity index (χ2n) is 7.24. The summed E-state index contributed by atoms with van der Waals surface area (Å²) in [5, 5.41) is 12.1. The SMILES string of the molecule is CCCCC1CCC(C(=O)NCN2CCN(CCO)CC2)CC1. The Kier molecular flexibility index (Phi) is 8.34. The monoisotopic (exact) mass is 325 g/mol. The van der Waals surface area contributed by atoms with Crippen molar-refractivity contribution in [3.8, 4) is 0 Å². The third-order valence-electron chi connectivity index (χ3n) is 5.54. The minimum Gasteiger partial charge on any atom is -0.395 e. The van der Waals surface area contributed by atoms with E-state index in [4.69, 9.17) is 5.11 Å². The summed E-state index contributed by atoms with van der Waals surface area (Å²) in [5.74, 6) is 1.36. The molecule has 0 aromatic carbocycles. The molecule has 2 fully saturated rings. The highest BCUT2D eigenvalue weighted by atomic mass is 16.3. The molecule has 2 aliphatic rings. The van der Waals surface area contributed by atoms with Crippen LogP contribution in [0, 0.1) is 11.8 Å². The Balaban J connectivity index is 1.59. The van der Waals surface area contributed by atoms with Gasteiger partial charge in [-0.05, 0) is 31.6 Å². The van der Waals surface area contributed by atoms with E-state index in [9.17, 15) is 4.79 Å². The van der Waals surface area contributed by atoms with Crippen LogP contribution in [0.15, 0.2) is 0 Å². The zero-order valence-corrected chi connectivity index (χ0v) is 14.8. The molecule has 0 radical (unpaired) electrons. The molecule has 0 bridgehead atoms. The molecule has 2 rings (SSSR count). The van der Waals surface area contributed by atoms with E-state index in [0.717, 1.165) is 51.5 Å². The molecule has 1 heterocycles. The van der Waals surface area contributed by atoms with Crippen LogP contribution in [0.4, 0.5) is 0 Å². The van der Waals surface area contributed by atoms with E-state index in [1.54, 1.807) is 0 Å². The molecular weight excluding hydrogens is 290 g/mol. The molecule has 5 heteroatoms. The highest BCUT2D eigenvalue weighted by molar-refractivity contribution is 5.78. The van der Waals surface area contributed by atoms with E-state index >= 15 is 0 Å². The van der Waals surface area contributed by atoms with Gasteiger partial charge in [-0.1, -0.05) is 26.2 Å². The van der Waals surface area contributed by atoms with Gasteiger partial charge in [0.1, 0.15) is 0 Å². The average Bonchev–Trinajstić information content (AvgIpc) is 2.60. The van der Waals surface area contributed by atoms with Crippen molar-refractivity contribution in [2.45, 2.75) is 51.9 Å². The summed E-state index contributed by atoms with van der Waals surface area (Å²) in [6, 6.07) is 0. The average molecular weight is 325 g/mol. The standard InChI is InChI=1S/C18H35N3O2/c1-2-3-4-16-5-7-17(8-6-16)18(23)19-15-21-11-9-20(10-12-21)13-14-22/h16-17,22H,2-15H2,1H3,(H,19,23). The van der Waals surface area contributed by atoms with Crippen molar-refractivity contribution in [1.82, 2.24) is 15.1 Å². The van der Waals surface area contributed by atoms with Gasteiger partial charge in [0, 0.05) is 38.6 Å².